The number of anilines is 1. The molecule has 1 aliphatic carbocycles. The molecule has 0 radical (unpaired) electrons. The van der Waals surface area contributed by atoms with Crippen LogP contribution in [0.3, 0.4) is 0 Å². The van der Waals surface area contributed by atoms with Crippen molar-refractivity contribution in [1.29, 1.82) is 0 Å². The Balaban J connectivity index is 1.96. The van der Waals surface area contributed by atoms with Gasteiger partial charge in [0.15, 0.2) is 0 Å². The average molecular weight is 487 g/mol. The topological polar surface area (TPSA) is 95.7 Å². The number of aromatic nitrogens is 2. The molecular weight excluding hydrogens is 454 g/mol. The fraction of sp³-hybridized carbons (Fsp3) is 0.636. The molecule has 3 rings (SSSR count). The monoisotopic (exact) mass is 486 g/mol. The Labute approximate surface area is 193 Å². The lowest BCUT2D eigenvalue weighted by molar-refractivity contribution is -0.137. The number of likely N-dealkylation sites (N-methyl/N-ethyl adjacent to an activating group) is 1. The number of fused-ring (bicyclic) bond motifs is 1. The van der Waals surface area contributed by atoms with Crippen molar-refractivity contribution in [3.8, 4) is 0 Å². The largest absolute Gasteiger partial charge is 0.480 e. The van der Waals surface area contributed by atoms with Crippen LogP contribution in [-0.4, -0.2) is 59.9 Å². The molecule has 0 unspecified atom stereocenters. The number of hydrogen-bond acceptors (Lipinski definition) is 4. The van der Waals surface area contributed by atoms with Gasteiger partial charge in [0, 0.05) is 38.9 Å². The number of aliphatic carboxylic acids is 1. The molecule has 0 bridgehead atoms. The van der Waals surface area contributed by atoms with Crippen LogP contribution in [-0.2, 0) is 27.0 Å². The van der Waals surface area contributed by atoms with Crippen LogP contribution >= 0.6 is 0 Å². The first kappa shape index (κ1) is 25.4. The molecule has 0 saturated heterocycles. The van der Waals surface area contributed by atoms with Crippen molar-refractivity contribution >= 4 is 32.9 Å². The van der Waals surface area contributed by atoms with Crippen LogP contribution in [0.5, 0.6) is 0 Å². The SMILES string of the molecule is CN(CC(=O)O)S(=O)(=O)N(C)c1ccc2c(c1)nc(C(C)(C)C)n2CC1CCC(F)(F)CC1. The summed E-state index contributed by atoms with van der Waals surface area (Å²) in [4.78, 5) is 15.7. The van der Waals surface area contributed by atoms with Gasteiger partial charge in [0.2, 0.25) is 5.92 Å². The molecule has 0 spiro atoms. The summed E-state index contributed by atoms with van der Waals surface area (Å²) >= 11 is 0. The van der Waals surface area contributed by atoms with Gasteiger partial charge < -0.3 is 9.67 Å². The fourth-order valence-electron chi connectivity index (χ4n) is 4.23. The molecule has 1 N–H and O–H groups in total. The highest BCUT2D eigenvalue weighted by Gasteiger charge is 2.36. The van der Waals surface area contributed by atoms with Crippen molar-refractivity contribution in [2.75, 3.05) is 24.9 Å². The second-order valence-electron chi connectivity index (χ2n) is 9.89. The third-order valence-corrected chi connectivity index (χ3v) is 7.96. The summed E-state index contributed by atoms with van der Waals surface area (Å²) in [5, 5.41) is 8.93. The lowest BCUT2D eigenvalue weighted by Crippen LogP contribution is -2.42. The first-order valence-corrected chi connectivity index (χ1v) is 12.3. The molecule has 2 aromatic rings. The summed E-state index contributed by atoms with van der Waals surface area (Å²) in [7, 11) is -1.47. The summed E-state index contributed by atoms with van der Waals surface area (Å²) in [5.74, 6) is -2.91. The highest BCUT2D eigenvalue weighted by Crippen LogP contribution is 2.38. The van der Waals surface area contributed by atoms with Crippen LogP contribution in [0.15, 0.2) is 18.2 Å². The third-order valence-electron chi connectivity index (χ3n) is 6.14. The minimum Gasteiger partial charge on any atom is -0.480 e. The highest BCUT2D eigenvalue weighted by atomic mass is 32.2. The van der Waals surface area contributed by atoms with E-state index in [9.17, 15) is 22.0 Å². The van der Waals surface area contributed by atoms with Gasteiger partial charge in [0.05, 0.1) is 16.7 Å². The van der Waals surface area contributed by atoms with E-state index in [-0.39, 0.29) is 24.2 Å². The van der Waals surface area contributed by atoms with Crippen LogP contribution in [0, 0.1) is 5.92 Å². The quantitative estimate of drug-likeness (QED) is 0.641. The van der Waals surface area contributed by atoms with Crippen molar-refractivity contribution < 1.29 is 27.1 Å². The lowest BCUT2D eigenvalue weighted by Gasteiger charge is -2.30. The molecule has 0 atom stereocenters. The Morgan fingerprint density at radius 3 is 2.39 bits per heavy atom. The van der Waals surface area contributed by atoms with E-state index in [1.807, 2.05) is 20.8 Å². The van der Waals surface area contributed by atoms with Gasteiger partial charge in [-0.1, -0.05) is 20.8 Å². The molecule has 11 heteroatoms. The van der Waals surface area contributed by atoms with E-state index >= 15 is 0 Å². The van der Waals surface area contributed by atoms with Gasteiger partial charge >= 0.3 is 16.2 Å². The Hall–Kier alpha value is -2.27. The van der Waals surface area contributed by atoms with Crippen molar-refractivity contribution in [3.63, 3.8) is 0 Å². The van der Waals surface area contributed by atoms with E-state index in [2.05, 4.69) is 4.57 Å². The van der Waals surface area contributed by atoms with Crippen molar-refractivity contribution in [1.82, 2.24) is 13.9 Å². The fourth-order valence-corrected chi connectivity index (χ4v) is 5.30. The normalized spacial score (nSPS) is 17.6. The van der Waals surface area contributed by atoms with E-state index in [0.29, 0.717) is 30.6 Å². The van der Waals surface area contributed by atoms with Crippen LogP contribution in [0.2, 0.25) is 0 Å². The number of alkyl halides is 2. The summed E-state index contributed by atoms with van der Waals surface area (Å²) in [6.07, 6.45) is 0.689. The zero-order chi connectivity index (χ0) is 24.8. The van der Waals surface area contributed by atoms with E-state index in [1.54, 1.807) is 18.2 Å². The second-order valence-corrected chi connectivity index (χ2v) is 12.0. The second kappa shape index (κ2) is 8.83. The number of nitrogens with zero attached hydrogens (tertiary/aromatic N) is 4. The maximum atomic E-state index is 13.6. The molecule has 1 heterocycles. The Bertz CT molecular complexity index is 1130. The van der Waals surface area contributed by atoms with E-state index < -0.39 is 28.6 Å². The van der Waals surface area contributed by atoms with Crippen LogP contribution in [0.25, 0.3) is 11.0 Å². The Kier molecular flexibility index (Phi) is 6.78. The number of carboxylic acid groups (broad SMARTS) is 1. The summed E-state index contributed by atoms with van der Waals surface area (Å²) in [6, 6.07) is 5.09. The molecule has 1 saturated carbocycles. The minimum atomic E-state index is -4.04. The molecule has 0 amide bonds. The third kappa shape index (κ3) is 5.46. The molecule has 1 aliphatic rings. The first-order chi connectivity index (χ1) is 15.1. The van der Waals surface area contributed by atoms with Crippen molar-refractivity contribution in [2.24, 2.45) is 5.92 Å². The molecule has 1 aromatic carbocycles. The van der Waals surface area contributed by atoms with Crippen LogP contribution < -0.4 is 4.31 Å². The van der Waals surface area contributed by atoms with Crippen LogP contribution in [0.4, 0.5) is 14.5 Å². The van der Waals surface area contributed by atoms with Gasteiger partial charge in [0.1, 0.15) is 12.4 Å². The van der Waals surface area contributed by atoms with Gasteiger partial charge in [-0.05, 0) is 37.0 Å². The summed E-state index contributed by atoms with van der Waals surface area (Å²) in [6.45, 7) is 6.00. The minimum absolute atomic E-state index is 0.105. The smallest absolute Gasteiger partial charge is 0.318 e. The zero-order valence-corrected chi connectivity index (χ0v) is 20.5. The predicted octanol–water partition coefficient (Wildman–Crippen LogP) is 3.86. The highest BCUT2D eigenvalue weighted by molar-refractivity contribution is 7.90. The van der Waals surface area contributed by atoms with Gasteiger partial charge in [-0.3, -0.25) is 9.10 Å². The lowest BCUT2D eigenvalue weighted by atomic mass is 9.86. The van der Waals surface area contributed by atoms with E-state index in [1.165, 1.54) is 14.1 Å². The van der Waals surface area contributed by atoms with Gasteiger partial charge in [0.25, 0.3) is 0 Å². The zero-order valence-electron chi connectivity index (χ0n) is 19.7. The molecule has 1 fully saturated rings. The molecule has 1 aromatic heterocycles. The summed E-state index contributed by atoms with van der Waals surface area (Å²) < 4.78 is 56.6. The predicted molar refractivity (Wildman–Crippen MR) is 123 cm³/mol. The van der Waals surface area contributed by atoms with Crippen molar-refractivity contribution in [2.45, 2.75) is 64.3 Å². The number of carboxylic acids is 1. The van der Waals surface area contributed by atoms with Gasteiger partial charge in [-0.25, -0.2) is 13.8 Å². The maximum absolute atomic E-state index is 13.6. The molecule has 8 nitrogen and oxygen atoms in total. The number of benzene rings is 1. The first-order valence-electron chi connectivity index (χ1n) is 10.9. The molecule has 33 heavy (non-hydrogen) atoms. The number of carbonyl (C=O) groups is 1. The average Bonchev–Trinajstić information content (AvgIpc) is 3.06. The summed E-state index contributed by atoms with van der Waals surface area (Å²) in [5.41, 5.74) is 1.45. The standard InChI is InChI=1S/C22H32F2N4O4S/c1-21(2,3)20-25-17-12-16(27(5)33(31,32)26(4)14-19(29)30)6-7-18(17)28(20)13-15-8-10-22(23,24)11-9-15/h6-7,12,15H,8-11,13-14H2,1-5H3,(H,29,30). The number of halogens is 2. The van der Waals surface area contributed by atoms with E-state index in [4.69, 9.17) is 10.1 Å². The number of rotatable bonds is 7. The van der Waals surface area contributed by atoms with Crippen LogP contribution in [0.1, 0.15) is 52.3 Å². The Morgan fingerprint density at radius 1 is 1.24 bits per heavy atom. The maximum Gasteiger partial charge on any atom is 0.318 e. The molecule has 0 aliphatic heterocycles. The molecule has 184 valence electrons. The van der Waals surface area contributed by atoms with Gasteiger partial charge in [-0.15, -0.1) is 0 Å². The van der Waals surface area contributed by atoms with E-state index in [0.717, 1.165) is 20.0 Å². The Morgan fingerprint density at radius 2 is 1.85 bits per heavy atom. The van der Waals surface area contributed by atoms with Crippen molar-refractivity contribution in [3.05, 3.63) is 24.0 Å². The molecular formula is C22H32F2N4O4S. The van der Waals surface area contributed by atoms with Gasteiger partial charge in [-0.2, -0.15) is 12.7 Å². The number of hydrogen-bond donors (Lipinski definition) is 1. The number of imidazole rings is 1.